The summed E-state index contributed by atoms with van der Waals surface area (Å²) in [6.45, 7) is 0.902. The predicted molar refractivity (Wildman–Crippen MR) is 86.8 cm³/mol. The first-order valence-corrected chi connectivity index (χ1v) is 7.38. The van der Waals surface area contributed by atoms with Crippen LogP contribution in [-0.2, 0) is 9.59 Å². The van der Waals surface area contributed by atoms with Gasteiger partial charge in [-0.15, -0.1) is 0 Å². The molecule has 0 aromatic heterocycles. The van der Waals surface area contributed by atoms with Gasteiger partial charge in [0.2, 0.25) is 5.91 Å². The lowest BCUT2D eigenvalue weighted by molar-refractivity contribution is -0.121. The average molecular weight is 335 g/mol. The molecule has 4 amide bonds. The molecular weight excluding hydrogens is 314 g/mol. The van der Waals surface area contributed by atoms with Crippen molar-refractivity contribution in [3.05, 3.63) is 29.8 Å². The molecular formula is C16H21N3O5. The summed E-state index contributed by atoms with van der Waals surface area (Å²) < 4.78 is 4.97. The molecule has 2 N–H and O–H groups in total. The Kier molecular flexibility index (Phi) is 7.97. The average Bonchev–Trinajstić information content (AvgIpc) is 2.59. The minimum Gasteiger partial charge on any atom is -0.497 e. The van der Waals surface area contributed by atoms with E-state index in [1.165, 1.54) is 4.90 Å². The zero-order chi connectivity index (χ0) is 17.9. The third-order valence-electron chi connectivity index (χ3n) is 3.17. The van der Waals surface area contributed by atoms with Crippen molar-refractivity contribution in [1.82, 2.24) is 15.5 Å². The maximum Gasteiger partial charge on any atom is 0.323 e. The maximum atomic E-state index is 11.5. The van der Waals surface area contributed by atoms with E-state index in [4.69, 9.17) is 4.74 Å². The zero-order valence-corrected chi connectivity index (χ0v) is 13.7. The van der Waals surface area contributed by atoms with E-state index in [2.05, 4.69) is 10.6 Å². The number of amides is 4. The van der Waals surface area contributed by atoms with Crippen LogP contribution in [0.3, 0.4) is 0 Å². The molecule has 24 heavy (non-hydrogen) atoms. The van der Waals surface area contributed by atoms with Crippen LogP contribution in [0.2, 0.25) is 0 Å². The molecule has 0 spiro atoms. The molecule has 1 fully saturated rings. The number of nitrogens with one attached hydrogen (secondary N) is 2. The number of ether oxygens (including phenoxy) is 1. The largest absolute Gasteiger partial charge is 0.497 e. The highest BCUT2D eigenvalue weighted by atomic mass is 16.5. The van der Waals surface area contributed by atoms with E-state index in [9.17, 15) is 19.2 Å². The third-order valence-corrected chi connectivity index (χ3v) is 3.17. The number of rotatable bonds is 5. The van der Waals surface area contributed by atoms with E-state index < -0.39 is 0 Å². The van der Waals surface area contributed by atoms with Crippen LogP contribution in [0.15, 0.2) is 24.3 Å². The zero-order valence-electron chi connectivity index (χ0n) is 13.7. The highest BCUT2D eigenvalue weighted by Crippen LogP contribution is 2.10. The topological polar surface area (TPSA) is 105 Å². The number of urea groups is 1. The summed E-state index contributed by atoms with van der Waals surface area (Å²) >= 11 is 0. The van der Waals surface area contributed by atoms with E-state index in [0.717, 1.165) is 6.29 Å². The first-order chi connectivity index (χ1) is 11.5. The van der Waals surface area contributed by atoms with Crippen LogP contribution in [0.1, 0.15) is 23.2 Å². The van der Waals surface area contributed by atoms with Gasteiger partial charge in [0.15, 0.2) is 0 Å². The van der Waals surface area contributed by atoms with Crippen molar-refractivity contribution in [1.29, 1.82) is 0 Å². The minimum absolute atomic E-state index is 0.181. The van der Waals surface area contributed by atoms with Crippen molar-refractivity contribution in [2.24, 2.45) is 0 Å². The second-order valence-corrected chi connectivity index (χ2v) is 4.96. The van der Waals surface area contributed by atoms with Crippen molar-refractivity contribution in [2.45, 2.75) is 12.8 Å². The number of hydrogen-bond donors (Lipinski definition) is 2. The Balaban J connectivity index is 0.000000272. The predicted octanol–water partition coefficient (Wildman–Crippen LogP) is 0.572. The Morgan fingerprint density at radius 1 is 1.33 bits per heavy atom. The van der Waals surface area contributed by atoms with Crippen molar-refractivity contribution >= 4 is 24.1 Å². The van der Waals surface area contributed by atoms with Gasteiger partial charge in [-0.1, -0.05) is 0 Å². The second kappa shape index (κ2) is 9.98. The molecule has 1 aliphatic rings. The molecule has 1 aliphatic heterocycles. The van der Waals surface area contributed by atoms with Crippen LogP contribution in [-0.4, -0.2) is 56.3 Å². The fraction of sp³-hybridized carbons (Fsp3) is 0.375. The lowest BCUT2D eigenvalue weighted by Gasteiger charge is -2.21. The van der Waals surface area contributed by atoms with Crippen LogP contribution in [0.4, 0.5) is 4.79 Å². The van der Waals surface area contributed by atoms with Crippen molar-refractivity contribution in [3.63, 3.8) is 0 Å². The van der Waals surface area contributed by atoms with E-state index in [1.54, 1.807) is 38.4 Å². The van der Waals surface area contributed by atoms with Crippen LogP contribution >= 0.6 is 0 Å². The third kappa shape index (κ3) is 6.47. The fourth-order valence-corrected chi connectivity index (χ4v) is 1.74. The van der Waals surface area contributed by atoms with Gasteiger partial charge >= 0.3 is 6.03 Å². The first kappa shape index (κ1) is 19.1. The molecule has 0 bridgehead atoms. The summed E-state index contributed by atoms with van der Waals surface area (Å²) in [5, 5.41) is 4.80. The first-order valence-electron chi connectivity index (χ1n) is 7.38. The van der Waals surface area contributed by atoms with Crippen LogP contribution in [0, 0.1) is 0 Å². The summed E-state index contributed by atoms with van der Waals surface area (Å²) in [6, 6.07) is 6.49. The molecule has 0 aliphatic carbocycles. The summed E-state index contributed by atoms with van der Waals surface area (Å²) in [5.74, 6) is 0.344. The highest BCUT2D eigenvalue weighted by molar-refractivity contribution is 5.96. The van der Waals surface area contributed by atoms with Gasteiger partial charge in [-0.05, 0) is 24.3 Å². The molecule has 8 nitrogen and oxygen atoms in total. The number of carbonyl (C=O) groups is 4. The van der Waals surface area contributed by atoms with Crippen LogP contribution in [0.5, 0.6) is 5.75 Å². The molecule has 0 unspecified atom stereocenters. The van der Waals surface area contributed by atoms with Gasteiger partial charge in [-0.2, -0.15) is 0 Å². The van der Waals surface area contributed by atoms with Crippen molar-refractivity contribution < 1.29 is 23.9 Å². The van der Waals surface area contributed by atoms with Gasteiger partial charge in [-0.25, -0.2) is 4.79 Å². The monoisotopic (exact) mass is 335 g/mol. The smallest absolute Gasteiger partial charge is 0.323 e. The number of hydrogen-bond acceptors (Lipinski definition) is 5. The van der Waals surface area contributed by atoms with Crippen molar-refractivity contribution in [2.75, 3.05) is 27.2 Å². The molecule has 8 heteroatoms. The molecule has 1 heterocycles. The van der Waals surface area contributed by atoms with Gasteiger partial charge in [0, 0.05) is 38.5 Å². The van der Waals surface area contributed by atoms with Gasteiger partial charge in [0.05, 0.1) is 7.11 Å². The molecule has 130 valence electrons. The Bertz CT molecular complexity index is 586. The lowest BCUT2D eigenvalue weighted by atomic mass is 10.2. The molecule has 1 aromatic rings. The quantitative estimate of drug-likeness (QED) is 0.605. The number of imide groups is 1. The summed E-state index contributed by atoms with van der Waals surface area (Å²) in [7, 11) is 3.22. The molecule has 2 rings (SSSR count). The molecule has 1 aromatic carbocycles. The van der Waals surface area contributed by atoms with E-state index in [0.29, 0.717) is 37.2 Å². The van der Waals surface area contributed by atoms with Gasteiger partial charge < -0.3 is 19.7 Å². The molecule has 0 atom stereocenters. The van der Waals surface area contributed by atoms with Crippen molar-refractivity contribution in [3.8, 4) is 5.75 Å². The minimum atomic E-state index is -0.300. The number of benzene rings is 1. The summed E-state index contributed by atoms with van der Waals surface area (Å²) in [6.07, 6.45) is 1.53. The Morgan fingerprint density at radius 2 is 2.00 bits per heavy atom. The SMILES string of the molecule is CN1CCC(=O)NC1=O.COc1ccc(C(=O)NCCC=O)cc1. The van der Waals surface area contributed by atoms with E-state index >= 15 is 0 Å². The Morgan fingerprint density at radius 3 is 2.50 bits per heavy atom. The molecule has 1 saturated heterocycles. The highest BCUT2D eigenvalue weighted by Gasteiger charge is 2.18. The number of methoxy groups -OCH3 is 1. The standard InChI is InChI=1S/C11H13NO3.C5H8N2O2/c1-15-10-5-3-9(4-6-10)11(14)12-7-2-8-13;1-7-3-2-4(8)6-5(7)9/h3-6,8H,2,7H2,1H3,(H,12,14);2-3H2,1H3,(H,6,8,9). The maximum absolute atomic E-state index is 11.5. The van der Waals surface area contributed by atoms with Crippen LogP contribution in [0.25, 0.3) is 0 Å². The normalized spacial score (nSPS) is 13.3. The second-order valence-electron chi connectivity index (χ2n) is 4.96. The van der Waals surface area contributed by atoms with E-state index in [1.807, 2.05) is 0 Å². The van der Waals surface area contributed by atoms with E-state index in [-0.39, 0.29) is 17.8 Å². The molecule has 0 saturated carbocycles. The van der Waals surface area contributed by atoms with Crippen LogP contribution < -0.4 is 15.4 Å². The Hall–Kier alpha value is -2.90. The number of nitrogens with zero attached hydrogens (tertiary/aromatic N) is 1. The number of aldehydes is 1. The van der Waals surface area contributed by atoms with Gasteiger partial charge in [0.25, 0.3) is 5.91 Å². The fourth-order valence-electron chi connectivity index (χ4n) is 1.74. The molecule has 0 radical (unpaired) electrons. The number of carbonyl (C=O) groups excluding carboxylic acids is 4. The van der Waals surface area contributed by atoms with Gasteiger partial charge in [-0.3, -0.25) is 14.9 Å². The summed E-state index contributed by atoms with van der Waals surface area (Å²) in [5.41, 5.74) is 0.557. The summed E-state index contributed by atoms with van der Waals surface area (Å²) in [4.78, 5) is 44.0. The Labute approximate surface area is 140 Å². The van der Waals surface area contributed by atoms with Gasteiger partial charge in [0.1, 0.15) is 12.0 Å². The lowest BCUT2D eigenvalue weighted by Crippen LogP contribution is -2.47.